The Balaban J connectivity index is 2.35. The summed E-state index contributed by atoms with van der Waals surface area (Å²) < 4.78 is 18.1. The number of rotatable bonds is 5. The molecule has 0 unspecified atom stereocenters. The molecular weight excluding hydrogens is 267 g/mol. The van der Waals surface area contributed by atoms with Crippen molar-refractivity contribution in [2.24, 2.45) is 0 Å². The molecule has 0 fully saturated rings. The van der Waals surface area contributed by atoms with Crippen LogP contribution in [0.5, 0.6) is 0 Å². The standard InChI is InChI=1S/C14H16ClFN2O/c1-2-3-4-5-12-13(14(17)19-18-12)10-7-6-9(16)8-11(10)15/h6-8H,2-5,17H2,1H3. The summed E-state index contributed by atoms with van der Waals surface area (Å²) in [7, 11) is 0. The molecule has 1 aromatic carbocycles. The Kier molecular flexibility index (Phi) is 4.43. The van der Waals surface area contributed by atoms with Crippen molar-refractivity contribution in [2.45, 2.75) is 32.6 Å². The maximum absolute atomic E-state index is 13.1. The smallest absolute Gasteiger partial charge is 0.230 e. The number of nitrogens with zero attached hydrogens (tertiary/aromatic N) is 1. The van der Waals surface area contributed by atoms with Crippen molar-refractivity contribution in [1.82, 2.24) is 5.16 Å². The fourth-order valence-electron chi connectivity index (χ4n) is 2.03. The molecular formula is C14H16ClFN2O. The molecule has 1 aromatic heterocycles. The predicted molar refractivity (Wildman–Crippen MR) is 74.5 cm³/mol. The van der Waals surface area contributed by atoms with Crippen molar-refractivity contribution in [1.29, 1.82) is 0 Å². The van der Waals surface area contributed by atoms with E-state index in [1.54, 1.807) is 6.07 Å². The third kappa shape index (κ3) is 3.07. The average molecular weight is 283 g/mol. The molecule has 0 aliphatic heterocycles. The molecule has 3 nitrogen and oxygen atoms in total. The zero-order valence-corrected chi connectivity index (χ0v) is 11.5. The van der Waals surface area contributed by atoms with Crippen molar-refractivity contribution in [3.8, 4) is 11.1 Å². The number of aromatic nitrogens is 1. The van der Waals surface area contributed by atoms with Crippen LogP contribution < -0.4 is 5.73 Å². The fourth-order valence-corrected chi connectivity index (χ4v) is 2.29. The zero-order valence-electron chi connectivity index (χ0n) is 10.7. The number of halogens is 2. The van der Waals surface area contributed by atoms with Gasteiger partial charge in [0.2, 0.25) is 5.88 Å². The van der Waals surface area contributed by atoms with E-state index >= 15 is 0 Å². The van der Waals surface area contributed by atoms with Crippen molar-refractivity contribution in [3.63, 3.8) is 0 Å². The third-order valence-electron chi connectivity index (χ3n) is 3.01. The van der Waals surface area contributed by atoms with E-state index in [0.29, 0.717) is 16.1 Å². The van der Waals surface area contributed by atoms with Gasteiger partial charge in [0.25, 0.3) is 0 Å². The molecule has 0 aliphatic rings. The van der Waals surface area contributed by atoms with Crippen molar-refractivity contribution >= 4 is 17.5 Å². The van der Waals surface area contributed by atoms with E-state index in [1.807, 2.05) is 0 Å². The second-order valence-corrected chi connectivity index (χ2v) is 4.86. The van der Waals surface area contributed by atoms with Gasteiger partial charge in [0.1, 0.15) is 5.82 Å². The predicted octanol–water partition coefficient (Wildman–Crippen LogP) is 4.45. The summed E-state index contributed by atoms with van der Waals surface area (Å²) in [6, 6.07) is 4.21. The van der Waals surface area contributed by atoms with Gasteiger partial charge in [-0.1, -0.05) is 36.5 Å². The summed E-state index contributed by atoms with van der Waals surface area (Å²) in [5.74, 6) is -0.156. The quantitative estimate of drug-likeness (QED) is 0.824. The van der Waals surface area contributed by atoms with Crippen LogP contribution in [-0.2, 0) is 6.42 Å². The number of hydrogen-bond acceptors (Lipinski definition) is 3. The lowest BCUT2D eigenvalue weighted by molar-refractivity contribution is 0.426. The van der Waals surface area contributed by atoms with Crippen molar-refractivity contribution in [3.05, 3.63) is 34.7 Å². The second-order valence-electron chi connectivity index (χ2n) is 4.45. The molecule has 2 N–H and O–H groups in total. The first kappa shape index (κ1) is 13.9. The summed E-state index contributed by atoms with van der Waals surface area (Å²) in [6.07, 6.45) is 4.02. The van der Waals surface area contributed by atoms with Gasteiger partial charge in [0.05, 0.1) is 16.3 Å². The molecule has 2 aromatic rings. The van der Waals surface area contributed by atoms with Gasteiger partial charge >= 0.3 is 0 Å². The van der Waals surface area contributed by atoms with Crippen molar-refractivity contribution in [2.75, 3.05) is 5.73 Å². The van der Waals surface area contributed by atoms with Gasteiger partial charge in [-0.25, -0.2) is 4.39 Å². The molecule has 19 heavy (non-hydrogen) atoms. The van der Waals surface area contributed by atoms with E-state index in [-0.39, 0.29) is 11.7 Å². The number of unbranched alkanes of at least 4 members (excludes halogenated alkanes) is 2. The molecule has 0 atom stereocenters. The van der Waals surface area contributed by atoms with Crippen LogP contribution in [-0.4, -0.2) is 5.16 Å². The molecule has 0 radical (unpaired) electrons. The molecule has 0 spiro atoms. The maximum atomic E-state index is 13.1. The Morgan fingerprint density at radius 3 is 2.84 bits per heavy atom. The Labute approximate surface area is 116 Å². The van der Waals surface area contributed by atoms with E-state index in [0.717, 1.165) is 31.4 Å². The molecule has 0 saturated carbocycles. The Hall–Kier alpha value is -1.55. The van der Waals surface area contributed by atoms with Gasteiger partial charge in [-0.15, -0.1) is 0 Å². The number of aryl methyl sites for hydroxylation is 1. The number of anilines is 1. The van der Waals surface area contributed by atoms with Gasteiger partial charge in [0.15, 0.2) is 0 Å². The lowest BCUT2D eigenvalue weighted by Crippen LogP contribution is -1.93. The molecule has 0 saturated heterocycles. The first-order chi connectivity index (χ1) is 9.13. The molecule has 5 heteroatoms. The van der Waals surface area contributed by atoms with E-state index in [2.05, 4.69) is 12.1 Å². The van der Waals surface area contributed by atoms with E-state index in [1.165, 1.54) is 12.1 Å². The maximum Gasteiger partial charge on any atom is 0.230 e. The minimum atomic E-state index is -0.378. The highest BCUT2D eigenvalue weighted by Crippen LogP contribution is 2.35. The number of hydrogen-bond donors (Lipinski definition) is 1. The fraction of sp³-hybridized carbons (Fsp3) is 0.357. The van der Waals surface area contributed by atoms with Crippen LogP contribution in [0, 0.1) is 5.82 Å². The topological polar surface area (TPSA) is 52.0 Å². The first-order valence-electron chi connectivity index (χ1n) is 6.33. The minimum Gasteiger partial charge on any atom is -0.367 e. The van der Waals surface area contributed by atoms with Crippen LogP contribution in [0.2, 0.25) is 5.02 Å². The van der Waals surface area contributed by atoms with Crippen LogP contribution >= 0.6 is 11.6 Å². The number of nitrogen functional groups attached to an aromatic ring is 1. The number of nitrogens with two attached hydrogens (primary N) is 1. The van der Waals surface area contributed by atoms with Crippen LogP contribution in [0.4, 0.5) is 10.3 Å². The third-order valence-corrected chi connectivity index (χ3v) is 3.32. The lowest BCUT2D eigenvalue weighted by atomic mass is 10.0. The highest BCUT2D eigenvalue weighted by molar-refractivity contribution is 6.33. The molecule has 0 bridgehead atoms. The monoisotopic (exact) mass is 282 g/mol. The second kappa shape index (κ2) is 6.06. The zero-order chi connectivity index (χ0) is 13.8. The van der Waals surface area contributed by atoms with Crippen LogP contribution in [0.15, 0.2) is 22.7 Å². The highest BCUT2D eigenvalue weighted by Gasteiger charge is 2.18. The molecule has 0 amide bonds. The summed E-state index contributed by atoms with van der Waals surface area (Å²) in [6.45, 7) is 2.13. The van der Waals surface area contributed by atoms with Crippen LogP contribution in [0.25, 0.3) is 11.1 Å². The SMILES string of the molecule is CCCCCc1noc(N)c1-c1ccc(F)cc1Cl. The Morgan fingerprint density at radius 2 is 2.16 bits per heavy atom. The minimum absolute atomic E-state index is 0.222. The summed E-state index contributed by atoms with van der Waals surface area (Å²) in [4.78, 5) is 0. The highest BCUT2D eigenvalue weighted by atomic mass is 35.5. The molecule has 2 rings (SSSR count). The van der Waals surface area contributed by atoms with Gasteiger partial charge in [0, 0.05) is 5.56 Å². The van der Waals surface area contributed by atoms with Crippen molar-refractivity contribution < 1.29 is 8.91 Å². The molecule has 102 valence electrons. The van der Waals surface area contributed by atoms with E-state index in [4.69, 9.17) is 21.9 Å². The van der Waals surface area contributed by atoms with Crippen LogP contribution in [0.1, 0.15) is 31.9 Å². The van der Waals surface area contributed by atoms with E-state index < -0.39 is 0 Å². The van der Waals surface area contributed by atoms with Gasteiger partial charge in [-0.05, 0) is 31.0 Å². The van der Waals surface area contributed by atoms with Gasteiger partial charge in [-0.2, -0.15) is 0 Å². The molecule has 1 heterocycles. The summed E-state index contributed by atoms with van der Waals surface area (Å²) in [5.41, 5.74) is 7.92. The summed E-state index contributed by atoms with van der Waals surface area (Å²) >= 11 is 6.06. The number of benzene rings is 1. The molecule has 0 aliphatic carbocycles. The normalized spacial score (nSPS) is 10.9. The van der Waals surface area contributed by atoms with Gasteiger partial charge in [-0.3, -0.25) is 0 Å². The largest absolute Gasteiger partial charge is 0.367 e. The first-order valence-corrected chi connectivity index (χ1v) is 6.70. The average Bonchev–Trinajstić information content (AvgIpc) is 2.72. The van der Waals surface area contributed by atoms with E-state index in [9.17, 15) is 4.39 Å². The van der Waals surface area contributed by atoms with Crippen LogP contribution in [0.3, 0.4) is 0 Å². The van der Waals surface area contributed by atoms with Gasteiger partial charge < -0.3 is 10.3 Å². The Morgan fingerprint density at radius 1 is 1.37 bits per heavy atom. The summed E-state index contributed by atoms with van der Waals surface area (Å²) in [5, 5.41) is 4.29. The Bertz CT molecular complexity index is 569. The lowest BCUT2D eigenvalue weighted by Gasteiger charge is -2.05.